The fraction of sp³-hybridized carbons (Fsp3) is 0.250. The smallest absolute Gasteiger partial charge is 0.168 e. The van der Waals surface area contributed by atoms with Crippen LogP contribution in [0.2, 0.25) is 0 Å². The Morgan fingerprint density at radius 2 is 1.92 bits per heavy atom. The molecule has 0 aliphatic carbocycles. The van der Waals surface area contributed by atoms with E-state index in [0.717, 1.165) is 23.2 Å². The van der Waals surface area contributed by atoms with Crippen molar-refractivity contribution < 1.29 is 4.79 Å². The largest absolute Gasteiger partial charge is 0.296 e. The molecule has 0 unspecified atom stereocenters. The number of rotatable bonds is 4. The molecule has 0 saturated heterocycles. The number of carbonyl (C=O) groups is 1. The molecule has 0 spiro atoms. The lowest BCUT2D eigenvalue weighted by atomic mass is 10.00. The number of benzene rings is 1. The average molecular weight is 317 g/mol. The van der Waals surface area contributed by atoms with Crippen LogP contribution in [-0.4, -0.2) is 15.7 Å². The lowest BCUT2D eigenvalue weighted by Crippen LogP contribution is -2.01. The summed E-state index contributed by atoms with van der Waals surface area (Å²) in [5.41, 5.74) is 5.65. The third kappa shape index (κ3) is 2.69. The molecule has 1 aromatic carbocycles. The summed E-state index contributed by atoms with van der Waals surface area (Å²) in [5, 5.41) is 9.18. The minimum absolute atomic E-state index is 0.492. The van der Waals surface area contributed by atoms with Crippen LogP contribution >= 0.6 is 0 Å². The van der Waals surface area contributed by atoms with Gasteiger partial charge in [0.05, 0.1) is 11.3 Å². The molecule has 0 saturated carbocycles. The number of carbonyl (C=O) groups excluding carboxylic acids is 1. The van der Waals surface area contributed by atoms with Crippen LogP contribution in [0.4, 0.5) is 0 Å². The number of nitrogens with zero attached hydrogens (tertiary/aromatic N) is 3. The normalized spacial score (nSPS) is 11.0. The fourth-order valence-electron chi connectivity index (χ4n) is 2.94. The molecule has 0 aliphatic heterocycles. The first-order chi connectivity index (χ1) is 11.5. The number of pyridine rings is 1. The van der Waals surface area contributed by atoms with Gasteiger partial charge in [-0.25, -0.2) is 4.98 Å². The molecule has 2 aromatic heterocycles. The van der Waals surface area contributed by atoms with Crippen LogP contribution in [0, 0.1) is 18.3 Å². The molecule has 0 aliphatic rings. The summed E-state index contributed by atoms with van der Waals surface area (Å²) in [5.74, 6) is 0.492. The number of nitriles is 1. The van der Waals surface area contributed by atoms with Crippen LogP contribution in [0.25, 0.3) is 5.65 Å². The summed E-state index contributed by atoms with van der Waals surface area (Å²) in [6.45, 7) is 6.16. The van der Waals surface area contributed by atoms with Crippen LogP contribution in [0.15, 0.2) is 36.4 Å². The molecule has 0 fully saturated rings. The number of aryl methyl sites for hydroxylation is 1. The Morgan fingerprint density at radius 1 is 1.21 bits per heavy atom. The van der Waals surface area contributed by atoms with Gasteiger partial charge in [-0.2, -0.15) is 5.26 Å². The molecule has 0 radical (unpaired) electrons. The zero-order chi connectivity index (χ0) is 17.3. The molecule has 4 heteroatoms. The summed E-state index contributed by atoms with van der Waals surface area (Å²) in [6, 6.07) is 14.1. The van der Waals surface area contributed by atoms with E-state index < -0.39 is 0 Å². The zero-order valence-corrected chi connectivity index (χ0v) is 14.1. The average Bonchev–Trinajstić information content (AvgIpc) is 2.93. The maximum atomic E-state index is 11.6. The van der Waals surface area contributed by atoms with Crippen molar-refractivity contribution >= 4 is 11.9 Å². The number of hydrogen-bond donors (Lipinski definition) is 0. The van der Waals surface area contributed by atoms with Gasteiger partial charge in [0.2, 0.25) is 0 Å². The van der Waals surface area contributed by atoms with E-state index in [1.165, 1.54) is 5.56 Å². The second kappa shape index (κ2) is 6.29. The second-order valence-electron chi connectivity index (χ2n) is 6.27. The summed E-state index contributed by atoms with van der Waals surface area (Å²) >= 11 is 0. The molecule has 4 nitrogen and oxygen atoms in total. The van der Waals surface area contributed by atoms with E-state index >= 15 is 0 Å². The third-order valence-corrected chi connectivity index (χ3v) is 4.39. The summed E-state index contributed by atoms with van der Waals surface area (Å²) in [4.78, 5) is 16.2. The molecule has 2 heterocycles. The van der Waals surface area contributed by atoms with Gasteiger partial charge < -0.3 is 0 Å². The van der Waals surface area contributed by atoms with Gasteiger partial charge in [0, 0.05) is 12.1 Å². The van der Waals surface area contributed by atoms with Gasteiger partial charge >= 0.3 is 0 Å². The Bertz CT molecular complexity index is 944. The van der Waals surface area contributed by atoms with Crippen LogP contribution in [0.3, 0.4) is 0 Å². The molecule has 3 rings (SSSR count). The first-order valence-corrected chi connectivity index (χ1v) is 8.00. The van der Waals surface area contributed by atoms with Gasteiger partial charge in [-0.3, -0.25) is 9.20 Å². The lowest BCUT2D eigenvalue weighted by Gasteiger charge is -2.06. The monoisotopic (exact) mass is 317 g/mol. The summed E-state index contributed by atoms with van der Waals surface area (Å²) in [7, 11) is 0. The van der Waals surface area contributed by atoms with E-state index in [4.69, 9.17) is 0 Å². The molecule has 0 bridgehead atoms. The van der Waals surface area contributed by atoms with Gasteiger partial charge in [-0.15, -0.1) is 0 Å². The van der Waals surface area contributed by atoms with Crippen LogP contribution < -0.4 is 0 Å². The van der Waals surface area contributed by atoms with Crippen molar-refractivity contribution in [3.05, 3.63) is 70.2 Å². The molecule has 0 amide bonds. The molecule has 24 heavy (non-hydrogen) atoms. The molecule has 0 atom stereocenters. The van der Waals surface area contributed by atoms with E-state index in [0.29, 0.717) is 29.2 Å². The van der Waals surface area contributed by atoms with Gasteiger partial charge in [0.15, 0.2) is 6.29 Å². The van der Waals surface area contributed by atoms with Gasteiger partial charge in [0.25, 0.3) is 0 Å². The van der Waals surface area contributed by atoms with E-state index in [-0.39, 0.29) is 0 Å². The second-order valence-corrected chi connectivity index (χ2v) is 6.27. The van der Waals surface area contributed by atoms with Crippen LogP contribution in [0.1, 0.15) is 58.3 Å². The fourth-order valence-corrected chi connectivity index (χ4v) is 2.94. The van der Waals surface area contributed by atoms with Crippen LogP contribution in [0.5, 0.6) is 0 Å². The Morgan fingerprint density at radius 3 is 2.50 bits per heavy atom. The predicted molar refractivity (Wildman–Crippen MR) is 93.4 cm³/mol. The van der Waals surface area contributed by atoms with Gasteiger partial charge in [-0.1, -0.05) is 38.1 Å². The Kier molecular flexibility index (Phi) is 4.18. The lowest BCUT2D eigenvalue weighted by molar-refractivity contribution is 0.111. The van der Waals surface area contributed by atoms with Crippen molar-refractivity contribution in [1.29, 1.82) is 5.26 Å². The zero-order valence-electron chi connectivity index (χ0n) is 14.1. The highest BCUT2D eigenvalue weighted by Crippen LogP contribution is 2.21. The standard InChI is InChI=1S/C20H19N3O/c1-13(2)16-6-4-15(5-7-16)10-18-19(12-24)23-14(3)17(11-21)8-9-20(23)22-18/h4-9,12-13H,10H2,1-3H3. The first kappa shape index (κ1) is 15.9. The SMILES string of the molecule is Cc1c(C#N)ccc2nc(Cc3ccc(C(C)C)cc3)c(C=O)n12. The van der Waals surface area contributed by atoms with Crippen molar-refractivity contribution in [1.82, 2.24) is 9.38 Å². The number of hydrogen-bond acceptors (Lipinski definition) is 3. The van der Waals surface area contributed by atoms with E-state index in [1.807, 2.05) is 6.92 Å². The van der Waals surface area contributed by atoms with E-state index in [9.17, 15) is 10.1 Å². The molecule has 3 aromatic rings. The number of fused-ring (bicyclic) bond motifs is 1. The van der Waals surface area contributed by atoms with Crippen molar-refractivity contribution in [3.8, 4) is 6.07 Å². The molecule has 0 N–H and O–H groups in total. The summed E-state index contributed by atoms with van der Waals surface area (Å²) < 4.78 is 1.77. The Labute approximate surface area is 141 Å². The minimum atomic E-state index is 0.492. The number of aldehydes is 1. The summed E-state index contributed by atoms with van der Waals surface area (Å²) in [6.07, 6.45) is 1.42. The number of aromatic nitrogens is 2. The van der Waals surface area contributed by atoms with Crippen molar-refractivity contribution in [2.75, 3.05) is 0 Å². The topological polar surface area (TPSA) is 58.2 Å². The van der Waals surface area contributed by atoms with Crippen LogP contribution in [-0.2, 0) is 6.42 Å². The molecule has 120 valence electrons. The first-order valence-electron chi connectivity index (χ1n) is 8.00. The van der Waals surface area contributed by atoms with Crippen molar-refractivity contribution in [3.63, 3.8) is 0 Å². The van der Waals surface area contributed by atoms with Gasteiger partial charge in [0.1, 0.15) is 17.4 Å². The number of imidazole rings is 1. The van der Waals surface area contributed by atoms with E-state index in [1.54, 1.807) is 16.5 Å². The van der Waals surface area contributed by atoms with Gasteiger partial charge in [-0.05, 0) is 36.1 Å². The highest BCUT2D eigenvalue weighted by atomic mass is 16.1. The van der Waals surface area contributed by atoms with E-state index in [2.05, 4.69) is 49.2 Å². The maximum absolute atomic E-state index is 11.6. The molecular weight excluding hydrogens is 298 g/mol. The quantitative estimate of drug-likeness (QED) is 0.682. The van der Waals surface area contributed by atoms with Crippen molar-refractivity contribution in [2.24, 2.45) is 0 Å². The van der Waals surface area contributed by atoms with Crippen molar-refractivity contribution in [2.45, 2.75) is 33.1 Å². The minimum Gasteiger partial charge on any atom is -0.296 e. The third-order valence-electron chi connectivity index (χ3n) is 4.39. The predicted octanol–water partition coefficient (Wildman–Crippen LogP) is 4.04. The highest BCUT2D eigenvalue weighted by molar-refractivity contribution is 5.77. The molecular formula is C20H19N3O. The maximum Gasteiger partial charge on any atom is 0.168 e. The Hall–Kier alpha value is -2.93. The highest BCUT2D eigenvalue weighted by Gasteiger charge is 2.15. The Balaban J connectivity index is 2.05.